The molecule has 0 saturated heterocycles. The van der Waals surface area contributed by atoms with E-state index in [4.69, 9.17) is 5.73 Å². The van der Waals surface area contributed by atoms with Gasteiger partial charge in [-0.05, 0) is 47.0 Å². The lowest BCUT2D eigenvalue weighted by molar-refractivity contribution is 0.651. The summed E-state index contributed by atoms with van der Waals surface area (Å²) in [5, 5.41) is 12.0. The molecule has 3 aromatic rings. The fourth-order valence-corrected chi connectivity index (χ4v) is 2.33. The highest BCUT2D eigenvalue weighted by molar-refractivity contribution is 5.74. The van der Waals surface area contributed by atoms with E-state index in [1.165, 1.54) is 11.1 Å². The van der Waals surface area contributed by atoms with Crippen LogP contribution in [-0.2, 0) is 6.54 Å². The molecule has 106 valence electrons. The van der Waals surface area contributed by atoms with Crippen molar-refractivity contribution in [2.24, 2.45) is 0 Å². The Bertz CT molecular complexity index is 776. The lowest BCUT2D eigenvalue weighted by atomic mass is 10.1. The smallest absolute Gasteiger partial charge is 0.184 e. The molecular weight excluding hydrogens is 262 g/mol. The number of benzene rings is 2. The van der Waals surface area contributed by atoms with Crippen LogP contribution in [0.4, 0.5) is 5.69 Å². The zero-order valence-electron chi connectivity index (χ0n) is 12.1. The van der Waals surface area contributed by atoms with E-state index in [1.54, 1.807) is 4.68 Å². The monoisotopic (exact) mass is 279 g/mol. The van der Waals surface area contributed by atoms with Gasteiger partial charge in [-0.2, -0.15) is 0 Å². The minimum absolute atomic E-state index is 0.627. The second-order valence-corrected chi connectivity index (χ2v) is 5.12. The molecule has 0 spiro atoms. The Labute approximate surface area is 123 Å². The zero-order valence-corrected chi connectivity index (χ0v) is 12.1. The molecule has 0 unspecified atom stereocenters. The van der Waals surface area contributed by atoms with Gasteiger partial charge in [0.1, 0.15) is 0 Å². The third kappa shape index (κ3) is 2.50. The maximum Gasteiger partial charge on any atom is 0.184 e. The Balaban J connectivity index is 2.02. The maximum atomic E-state index is 6.16. The first-order valence-corrected chi connectivity index (χ1v) is 6.83. The molecule has 0 fully saturated rings. The minimum Gasteiger partial charge on any atom is -0.398 e. The van der Waals surface area contributed by atoms with Crippen LogP contribution in [0.5, 0.6) is 0 Å². The number of hydrogen-bond acceptors (Lipinski definition) is 4. The first-order valence-electron chi connectivity index (χ1n) is 6.83. The number of para-hydroxylation sites is 1. The van der Waals surface area contributed by atoms with Crippen LogP contribution in [0.2, 0.25) is 0 Å². The molecule has 2 N–H and O–H groups in total. The van der Waals surface area contributed by atoms with Crippen molar-refractivity contribution in [3.05, 3.63) is 59.2 Å². The maximum absolute atomic E-state index is 6.16. The number of hydrogen-bond donors (Lipinski definition) is 1. The molecule has 0 aliphatic rings. The molecule has 0 saturated carbocycles. The number of nitrogens with two attached hydrogens (primary N) is 1. The van der Waals surface area contributed by atoms with E-state index in [2.05, 4.69) is 34.6 Å². The van der Waals surface area contributed by atoms with E-state index in [-0.39, 0.29) is 0 Å². The van der Waals surface area contributed by atoms with Gasteiger partial charge in [0.2, 0.25) is 0 Å². The topological polar surface area (TPSA) is 69.6 Å². The quantitative estimate of drug-likeness (QED) is 0.748. The average Bonchev–Trinajstić information content (AvgIpc) is 2.92. The Kier molecular flexibility index (Phi) is 3.39. The van der Waals surface area contributed by atoms with Crippen LogP contribution in [0.15, 0.2) is 42.5 Å². The number of anilines is 1. The second-order valence-electron chi connectivity index (χ2n) is 5.12. The van der Waals surface area contributed by atoms with Gasteiger partial charge in [0.05, 0.1) is 6.54 Å². The van der Waals surface area contributed by atoms with Gasteiger partial charge in [0.25, 0.3) is 0 Å². The van der Waals surface area contributed by atoms with Crippen LogP contribution < -0.4 is 5.73 Å². The molecule has 0 amide bonds. The summed E-state index contributed by atoms with van der Waals surface area (Å²) in [5.74, 6) is 0.694. The van der Waals surface area contributed by atoms with Crippen molar-refractivity contribution in [2.45, 2.75) is 20.4 Å². The van der Waals surface area contributed by atoms with Crippen molar-refractivity contribution in [1.29, 1.82) is 0 Å². The first kappa shape index (κ1) is 13.3. The number of tetrazole rings is 1. The molecule has 21 heavy (non-hydrogen) atoms. The standard InChI is InChI=1S/C16H17N5/c1-11-6-3-4-8-13(11)10-21-16(18-19-20-21)14-9-5-7-12(2)15(14)17/h3-9H,10,17H2,1-2H3. The van der Waals surface area contributed by atoms with Crippen LogP contribution in [0.1, 0.15) is 16.7 Å². The SMILES string of the molecule is Cc1ccccc1Cn1nnnc1-c1cccc(C)c1N. The van der Waals surface area contributed by atoms with Crippen molar-refractivity contribution in [3.8, 4) is 11.4 Å². The van der Waals surface area contributed by atoms with Crippen LogP contribution in [0.25, 0.3) is 11.4 Å². The molecule has 0 radical (unpaired) electrons. The summed E-state index contributed by atoms with van der Waals surface area (Å²) in [7, 11) is 0. The zero-order chi connectivity index (χ0) is 14.8. The summed E-state index contributed by atoms with van der Waals surface area (Å²) in [5.41, 5.74) is 11.2. The van der Waals surface area contributed by atoms with Gasteiger partial charge in [-0.25, -0.2) is 4.68 Å². The highest BCUT2D eigenvalue weighted by atomic mass is 15.5. The molecule has 0 aliphatic carbocycles. The van der Waals surface area contributed by atoms with Gasteiger partial charge in [-0.1, -0.05) is 36.4 Å². The van der Waals surface area contributed by atoms with E-state index in [1.807, 2.05) is 37.3 Å². The van der Waals surface area contributed by atoms with Gasteiger partial charge < -0.3 is 5.73 Å². The molecule has 5 nitrogen and oxygen atoms in total. The molecule has 5 heteroatoms. The van der Waals surface area contributed by atoms with Crippen LogP contribution >= 0.6 is 0 Å². The third-order valence-electron chi connectivity index (χ3n) is 3.68. The Morgan fingerprint density at radius 2 is 1.76 bits per heavy atom. The van der Waals surface area contributed by atoms with Crippen LogP contribution in [0, 0.1) is 13.8 Å². The Morgan fingerprint density at radius 3 is 2.57 bits per heavy atom. The minimum atomic E-state index is 0.627. The van der Waals surface area contributed by atoms with Crippen molar-refractivity contribution in [2.75, 3.05) is 5.73 Å². The molecule has 2 aromatic carbocycles. The molecule has 0 bridgehead atoms. The largest absolute Gasteiger partial charge is 0.398 e. The summed E-state index contributed by atoms with van der Waals surface area (Å²) < 4.78 is 1.79. The van der Waals surface area contributed by atoms with Gasteiger partial charge >= 0.3 is 0 Å². The van der Waals surface area contributed by atoms with Crippen LogP contribution in [-0.4, -0.2) is 20.2 Å². The Hall–Kier alpha value is -2.69. The molecule has 1 heterocycles. The van der Waals surface area contributed by atoms with Gasteiger partial charge in [0, 0.05) is 11.3 Å². The number of nitrogens with zero attached hydrogens (tertiary/aromatic N) is 4. The normalized spacial score (nSPS) is 10.8. The molecule has 3 rings (SSSR count). The lowest BCUT2D eigenvalue weighted by Gasteiger charge is -2.10. The summed E-state index contributed by atoms with van der Waals surface area (Å²) in [6, 6.07) is 14.1. The summed E-state index contributed by atoms with van der Waals surface area (Å²) >= 11 is 0. The van der Waals surface area contributed by atoms with Crippen molar-refractivity contribution >= 4 is 5.69 Å². The number of rotatable bonds is 3. The number of aryl methyl sites for hydroxylation is 2. The van der Waals surface area contributed by atoms with Crippen molar-refractivity contribution in [3.63, 3.8) is 0 Å². The molecule has 0 atom stereocenters. The van der Waals surface area contributed by atoms with E-state index in [9.17, 15) is 0 Å². The fraction of sp³-hybridized carbons (Fsp3) is 0.188. The first-order chi connectivity index (χ1) is 10.2. The summed E-state index contributed by atoms with van der Waals surface area (Å²) in [6.45, 7) is 4.69. The molecule has 0 aliphatic heterocycles. The predicted molar refractivity (Wildman–Crippen MR) is 82.7 cm³/mol. The second kappa shape index (κ2) is 5.36. The lowest BCUT2D eigenvalue weighted by Crippen LogP contribution is -2.07. The van der Waals surface area contributed by atoms with Gasteiger partial charge in [-0.3, -0.25) is 0 Å². The fourth-order valence-electron chi connectivity index (χ4n) is 2.33. The third-order valence-corrected chi connectivity index (χ3v) is 3.68. The molecular formula is C16H17N5. The number of nitrogen functional groups attached to an aromatic ring is 1. The van der Waals surface area contributed by atoms with E-state index >= 15 is 0 Å². The summed E-state index contributed by atoms with van der Waals surface area (Å²) in [6.07, 6.45) is 0. The van der Waals surface area contributed by atoms with Crippen molar-refractivity contribution < 1.29 is 0 Å². The summed E-state index contributed by atoms with van der Waals surface area (Å²) in [4.78, 5) is 0. The van der Waals surface area contributed by atoms with Crippen LogP contribution in [0.3, 0.4) is 0 Å². The molecule has 1 aromatic heterocycles. The van der Waals surface area contributed by atoms with Gasteiger partial charge in [-0.15, -0.1) is 5.10 Å². The predicted octanol–water partition coefficient (Wildman–Crippen LogP) is 2.59. The van der Waals surface area contributed by atoms with Crippen molar-refractivity contribution in [1.82, 2.24) is 20.2 Å². The highest BCUT2D eigenvalue weighted by Crippen LogP contribution is 2.26. The number of aromatic nitrogens is 4. The Morgan fingerprint density at radius 1 is 1.00 bits per heavy atom. The van der Waals surface area contributed by atoms with E-state index in [0.29, 0.717) is 12.4 Å². The van der Waals surface area contributed by atoms with Gasteiger partial charge in [0.15, 0.2) is 5.82 Å². The van der Waals surface area contributed by atoms with E-state index < -0.39 is 0 Å². The average molecular weight is 279 g/mol. The van der Waals surface area contributed by atoms with E-state index in [0.717, 1.165) is 16.8 Å². The highest BCUT2D eigenvalue weighted by Gasteiger charge is 2.13.